The van der Waals surface area contributed by atoms with Crippen molar-refractivity contribution in [2.45, 2.75) is 27.2 Å². The van der Waals surface area contributed by atoms with Crippen LogP contribution in [0.2, 0.25) is 0 Å². The maximum absolute atomic E-state index is 3.00. The van der Waals surface area contributed by atoms with Crippen molar-refractivity contribution >= 4 is 0 Å². The van der Waals surface area contributed by atoms with Crippen LogP contribution in [0, 0.1) is 5.92 Å². The molecule has 0 aromatic heterocycles. The topological polar surface area (TPSA) is 63.0 Å². The van der Waals surface area contributed by atoms with Crippen LogP contribution in [0.15, 0.2) is 26.3 Å². The molecule has 0 spiro atoms. The molecule has 12 heavy (non-hydrogen) atoms. The third kappa shape index (κ3) is 151. The van der Waals surface area contributed by atoms with Crippen LogP contribution >= 0.6 is 0 Å². The van der Waals surface area contributed by atoms with Gasteiger partial charge in [0.25, 0.3) is 0 Å². The minimum Gasteiger partial charge on any atom is -0.412 e. The standard InChI is InChI=1S/C5H12.2C2H4.2H2O.Y/c1-4-5(2)3;2*1-2;;;/h5H,4H2,1-3H3;2*1-2H2;2*1H2;. The average Bonchev–Trinajstić information content (AvgIpc) is 1.97. The predicted molar refractivity (Wildman–Crippen MR) is 54.9 cm³/mol. The van der Waals surface area contributed by atoms with Crippen LogP contribution in [-0.4, -0.2) is 11.0 Å². The third-order valence-electron chi connectivity index (χ3n) is 0.816. The summed E-state index contributed by atoms with van der Waals surface area (Å²) in [6.07, 6.45) is 1.31. The van der Waals surface area contributed by atoms with Crippen LogP contribution < -0.4 is 0 Å². The normalized spacial score (nSPS) is 4.67. The molecule has 0 saturated carbocycles. The summed E-state index contributed by atoms with van der Waals surface area (Å²) < 4.78 is 0. The van der Waals surface area contributed by atoms with E-state index in [0.29, 0.717) is 0 Å². The quantitative estimate of drug-likeness (QED) is 0.642. The summed E-state index contributed by atoms with van der Waals surface area (Å²) in [7, 11) is 0. The van der Waals surface area contributed by atoms with E-state index in [1.807, 2.05) is 0 Å². The van der Waals surface area contributed by atoms with Crippen molar-refractivity contribution in [3.63, 3.8) is 0 Å². The van der Waals surface area contributed by atoms with Crippen LogP contribution in [0.5, 0.6) is 0 Å². The first-order valence-electron chi connectivity index (χ1n) is 3.27. The van der Waals surface area contributed by atoms with Crippen LogP contribution in [0.25, 0.3) is 0 Å². The van der Waals surface area contributed by atoms with Crippen molar-refractivity contribution in [2.75, 3.05) is 0 Å². The molecule has 0 aromatic carbocycles. The van der Waals surface area contributed by atoms with E-state index in [0.717, 1.165) is 5.92 Å². The van der Waals surface area contributed by atoms with Gasteiger partial charge in [0.05, 0.1) is 0 Å². The zero-order valence-electron chi connectivity index (χ0n) is 8.69. The molecule has 0 heterocycles. The van der Waals surface area contributed by atoms with Gasteiger partial charge in [-0.3, -0.25) is 0 Å². The second-order valence-electron chi connectivity index (χ2n) is 1.80. The maximum atomic E-state index is 3.00. The Labute approximate surface area is 103 Å². The average molecular weight is 253 g/mol. The Balaban J connectivity index is -0.0000000116. The minimum absolute atomic E-state index is 0. The molecule has 0 aliphatic rings. The van der Waals surface area contributed by atoms with Gasteiger partial charge in [-0.2, -0.15) is 0 Å². The van der Waals surface area contributed by atoms with Gasteiger partial charge in [-0.15, -0.1) is 26.3 Å². The molecule has 4 N–H and O–H groups in total. The largest absolute Gasteiger partial charge is 0.412 e. The van der Waals surface area contributed by atoms with Gasteiger partial charge in [0.15, 0.2) is 0 Å². The van der Waals surface area contributed by atoms with E-state index in [4.69, 9.17) is 0 Å². The third-order valence-corrected chi connectivity index (χ3v) is 0.816. The molecule has 0 amide bonds. The Hall–Kier alpha value is 0.504. The molecule has 0 unspecified atom stereocenters. The van der Waals surface area contributed by atoms with Gasteiger partial charge < -0.3 is 11.0 Å². The molecule has 75 valence electrons. The molecule has 0 atom stereocenters. The van der Waals surface area contributed by atoms with Crippen molar-refractivity contribution in [2.24, 2.45) is 5.92 Å². The first kappa shape index (κ1) is 39.1. The van der Waals surface area contributed by atoms with Gasteiger partial charge in [-0.05, 0) is 5.92 Å². The smallest absolute Gasteiger partial charge is 0 e. The van der Waals surface area contributed by atoms with Crippen LogP contribution in [0.4, 0.5) is 0 Å². The molecular weight excluding hydrogens is 229 g/mol. The van der Waals surface area contributed by atoms with E-state index >= 15 is 0 Å². The van der Waals surface area contributed by atoms with E-state index in [2.05, 4.69) is 47.1 Å². The summed E-state index contributed by atoms with van der Waals surface area (Å²) in [5.41, 5.74) is 0. The van der Waals surface area contributed by atoms with E-state index in [1.165, 1.54) is 6.42 Å². The van der Waals surface area contributed by atoms with Gasteiger partial charge >= 0.3 is 0 Å². The minimum atomic E-state index is 0. The number of hydrogen-bond donors (Lipinski definition) is 0. The SMILES string of the molecule is C=C.C=C.CCC(C)C.O.O.[Y]. The summed E-state index contributed by atoms with van der Waals surface area (Å²) in [6, 6.07) is 0. The molecule has 3 heteroatoms. The summed E-state index contributed by atoms with van der Waals surface area (Å²) in [5.74, 6) is 0.884. The monoisotopic (exact) mass is 253 g/mol. The Morgan fingerprint density at radius 1 is 0.917 bits per heavy atom. The fourth-order valence-electron chi connectivity index (χ4n) is 0. The van der Waals surface area contributed by atoms with Crippen molar-refractivity contribution in [1.82, 2.24) is 0 Å². The molecule has 0 bridgehead atoms. The van der Waals surface area contributed by atoms with E-state index in [9.17, 15) is 0 Å². The van der Waals surface area contributed by atoms with Crippen LogP contribution in [0.3, 0.4) is 0 Å². The zero-order chi connectivity index (χ0) is 8.28. The second-order valence-corrected chi connectivity index (χ2v) is 1.80. The van der Waals surface area contributed by atoms with Crippen molar-refractivity contribution in [3.8, 4) is 0 Å². The fourth-order valence-corrected chi connectivity index (χ4v) is 0. The van der Waals surface area contributed by atoms with Gasteiger partial charge in [-0.1, -0.05) is 27.2 Å². The zero-order valence-corrected chi connectivity index (χ0v) is 11.5. The molecule has 0 aliphatic carbocycles. The molecule has 0 aliphatic heterocycles. The molecule has 0 fully saturated rings. The maximum Gasteiger partial charge on any atom is 0 e. The van der Waals surface area contributed by atoms with Crippen molar-refractivity contribution < 1.29 is 43.7 Å². The van der Waals surface area contributed by atoms with E-state index in [1.54, 1.807) is 0 Å². The molecule has 1 radical (unpaired) electrons. The number of rotatable bonds is 1. The van der Waals surface area contributed by atoms with E-state index in [-0.39, 0.29) is 43.7 Å². The Bertz CT molecular complexity index is 39.5. The molecule has 2 nitrogen and oxygen atoms in total. The van der Waals surface area contributed by atoms with Crippen LogP contribution in [0.1, 0.15) is 27.2 Å². The fraction of sp³-hybridized carbons (Fsp3) is 0.556. The summed E-state index contributed by atoms with van der Waals surface area (Å²) >= 11 is 0. The van der Waals surface area contributed by atoms with Crippen LogP contribution in [-0.2, 0) is 32.7 Å². The van der Waals surface area contributed by atoms with Gasteiger partial charge in [0.2, 0.25) is 0 Å². The summed E-state index contributed by atoms with van der Waals surface area (Å²) in [5, 5.41) is 0. The molecule has 0 rings (SSSR count). The van der Waals surface area contributed by atoms with Crippen molar-refractivity contribution in [1.29, 1.82) is 0 Å². The van der Waals surface area contributed by atoms with Gasteiger partial charge in [0, 0.05) is 32.7 Å². The first-order valence-corrected chi connectivity index (χ1v) is 3.27. The summed E-state index contributed by atoms with van der Waals surface area (Å²) in [4.78, 5) is 0. The predicted octanol–water partition coefficient (Wildman–Crippen LogP) is 2.00. The van der Waals surface area contributed by atoms with Gasteiger partial charge in [0.1, 0.15) is 0 Å². The summed E-state index contributed by atoms with van der Waals surface area (Å²) in [6.45, 7) is 18.6. The van der Waals surface area contributed by atoms with E-state index < -0.39 is 0 Å². The Kier molecular flexibility index (Phi) is 204. The number of hydrogen-bond acceptors (Lipinski definition) is 0. The van der Waals surface area contributed by atoms with Gasteiger partial charge in [-0.25, -0.2) is 0 Å². The second kappa shape index (κ2) is 62.6. The molecular formula is C9H24O2Y. The molecule has 0 saturated heterocycles. The Morgan fingerprint density at radius 3 is 1.00 bits per heavy atom. The first-order chi connectivity index (χ1) is 4.27. The van der Waals surface area contributed by atoms with Crippen molar-refractivity contribution in [3.05, 3.63) is 26.3 Å². The Morgan fingerprint density at radius 2 is 1.00 bits per heavy atom. The molecule has 0 aromatic rings.